The molecule has 0 atom stereocenters. The number of alkyl halides is 4. The van der Waals surface area contributed by atoms with Crippen molar-refractivity contribution in [3.05, 3.63) is 23.8 Å². The molecule has 0 unspecified atom stereocenters. The summed E-state index contributed by atoms with van der Waals surface area (Å²) in [4.78, 5) is 0. The van der Waals surface area contributed by atoms with E-state index in [-0.39, 0.29) is 24.1 Å². The molecule has 0 spiro atoms. The molecule has 0 N–H and O–H groups in total. The fourth-order valence-corrected chi connectivity index (χ4v) is 2.26. The lowest BCUT2D eigenvalue weighted by Crippen LogP contribution is -2.08. The molecule has 0 aromatic heterocycles. The second-order valence-electron chi connectivity index (χ2n) is 3.89. The quantitative estimate of drug-likeness (QED) is 0.472. The van der Waals surface area contributed by atoms with Crippen LogP contribution in [0.4, 0.5) is 13.2 Å². The van der Waals surface area contributed by atoms with Crippen molar-refractivity contribution in [1.82, 2.24) is 0 Å². The van der Waals surface area contributed by atoms with E-state index in [1.165, 1.54) is 0 Å². The van der Waals surface area contributed by atoms with E-state index >= 15 is 0 Å². The maximum absolute atomic E-state index is 12.0. The van der Waals surface area contributed by atoms with E-state index < -0.39 is 5.51 Å². The summed E-state index contributed by atoms with van der Waals surface area (Å²) < 4.78 is 46.9. The normalized spacial score (nSPS) is 11.4. The average Bonchev–Trinajstić information content (AvgIpc) is 2.40. The Balaban J connectivity index is 2.57. The molecule has 1 aromatic carbocycles. The number of rotatable bonds is 8. The number of ether oxygens (including phenoxy) is 2. The van der Waals surface area contributed by atoms with Gasteiger partial charge in [0.1, 0.15) is 11.5 Å². The molecule has 20 heavy (non-hydrogen) atoms. The van der Waals surface area contributed by atoms with Gasteiger partial charge >= 0.3 is 5.51 Å². The molecule has 1 rings (SSSR count). The number of hydrogen-bond acceptors (Lipinski definition) is 3. The number of thioether (sulfide) groups is 1. The highest BCUT2D eigenvalue weighted by Crippen LogP contribution is 2.31. The molecule has 1 aromatic rings. The van der Waals surface area contributed by atoms with E-state index in [0.717, 1.165) is 12.0 Å². The van der Waals surface area contributed by atoms with Crippen molar-refractivity contribution in [3.63, 3.8) is 0 Å². The minimum absolute atomic E-state index is 0.00140. The Morgan fingerprint density at radius 1 is 1.20 bits per heavy atom. The van der Waals surface area contributed by atoms with Gasteiger partial charge in [-0.15, -0.1) is 0 Å². The van der Waals surface area contributed by atoms with Gasteiger partial charge in [-0.25, -0.2) is 0 Å². The van der Waals surface area contributed by atoms with Crippen LogP contribution in [0, 0.1) is 0 Å². The SMILES string of the molecule is CCCOc1ccc(CBr)c(OCCSC(F)(F)F)c1. The molecule has 0 heterocycles. The second-order valence-corrected chi connectivity index (χ2v) is 5.61. The molecule has 0 aliphatic rings. The lowest BCUT2D eigenvalue weighted by Gasteiger charge is -2.13. The van der Waals surface area contributed by atoms with E-state index in [4.69, 9.17) is 9.47 Å². The lowest BCUT2D eigenvalue weighted by atomic mass is 10.2. The Bertz CT molecular complexity index is 413. The Morgan fingerprint density at radius 2 is 1.95 bits per heavy atom. The zero-order chi connectivity index (χ0) is 15.0. The van der Waals surface area contributed by atoms with Gasteiger partial charge in [-0.3, -0.25) is 0 Å². The molecule has 0 aliphatic heterocycles. The van der Waals surface area contributed by atoms with Crippen LogP contribution >= 0.6 is 27.7 Å². The Hall–Kier alpha value is -0.560. The van der Waals surface area contributed by atoms with Gasteiger partial charge in [0.2, 0.25) is 0 Å². The molecule has 0 bridgehead atoms. The largest absolute Gasteiger partial charge is 0.493 e. The number of halogens is 4. The van der Waals surface area contributed by atoms with Crippen LogP contribution in [0.15, 0.2) is 18.2 Å². The predicted molar refractivity (Wildman–Crippen MR) is 78.9 cm³/mol. The topological polar surface area (TPSA) is 18.5 Å². The molecular weight excluding hydrogens is 357 g/mol. The van der Waals surface area contributed by atoms with Crippen LogP contribution < -0.4 is 9.47 Å². The van der Waals surface area contributed by atoms with E-state index in [0.29, 0.717) is 23.4 Å². The van der Waals surface area contributed by atoms with Crippen LogP contribution in [0.1, 0.15) is 18.9 Å². The highest BCUT2D eigenvalue weighted by Gasteiger charge is 2.27. The minimum atomic E-state index is -4.21. The van der Waals surface area contributed by atoms with Gasteiger partial charge in [0.15, 0.2) is 0 Å². The third kappa shape index (κ3) is 6.74. The summed E-state index contributed by atoms with van der Waals surface area (Å²) >= 11 is 3.24. The van der Waals surface area contributed by atoms with Gasteiger partial charge in [-0.1, -0.05) is 28.9 Å². The van der Waals surface area contributed by atoms with Crippen molar-refractivity contribution in [2.24, 2.45) is 0 Å². The van der Waals surface area contributed by atoms with Crippen molar-refractivity contribution in [3.8, 4) is 11.5 Å². The molecule has 0 saturated carbocycles. The zero-order valence-electron chi connectivity index (χ0n) is 11.0. The highest BCUT2D eigenvalue weighted by atomic mass is 79.9. The summed E-state index contributed by atoms with van der Waals surface area (Å²) in [6.07, 6.45) is 0.888. The first-order chi connectivity index (χ1) is 9.46. The van der Waals surface area contributed by atoms with Crippen molar-refractivity contribution in [2.45, 2.75) is 24.2 Å². The summed E-state index contributed by atoms with van der Waals surface area (Å²) in [7, 11) is 0. The Morgan fingerprint density at radius 3 is 2.55 bits per heavy atom. The molecule has 2 nitrogen and oxygen atoms in total. The molecular formula is C13H16BrF3O2S. The van der Waals surface area contributed by atoms with Crippen LogP contribution in [0.5, 0.6) is 11.5 Å². The Labute approximate surface area is 129 Å². The third-order valence-electron chi connectivity index (χ3n) is 2.26. The van der Waals surface area contributed by atoms with E-state index in [1.54, 1.807) is 6.07 Å². The van der Waals surface area contributed by atoms with Gasteiger partial charge in [0.05, 0.1) is 13.2 Å². The molecule has 0 saturated heterocycles. The maximum atomic E-state index is 12.0. The summed E-state index contributed by atoms with van der Waals surface area (Å²) in [5.41, 5.74) is -3.33. The molecule has 0 fully saturated rings. The van der Waals surface area contributed by atoms with Crippen molar-refractivity contribution < 1.29 is 22.6 Å². The van der Waals surface area contributed by atoms with Gasteiger partial charge < -0.3 is 9.47 Å². The van der Waals surface area contributed by atoms with Crippen LogP contribution in [-0.4, -0.2) is 24.5 Å². The maximum Gasteiger partial charge on any atom is 0.441 e. The monoisotopic (exact) mass is 372 g/mol. The van der Waals surface area contributed by atoms with Crippen molar-refractivity contribution in [2.75, 3.05) is 19.0 Å². The molecule has 7 heteroatoms. The Kier molecular flexibility index (Phi) is 7.58. The van der Waals surface area contributed by atoms with Crippen molar-refractivity contribution in [1.29, 1.82) is 0 Å². The summed E-state index contributed by atoms with van der Waals surface area (Å²) in [5.74, 6) is 1.08. The van der Waals surface area contributed by atoms with Gasteiger partial charge in [-0.05, 0) is 24.2 Å². The molecule has 0 amide bonds. The smallest absolute Gasteiger partial charge is 0.441 e. The first kappa shape index (κ1) is 17.5. The first-order valence-electron chi connectivity index (χ1n) is 6.11. The van der Waals surface area contributed by atoms with Crippen LogP contribution in [0.2, 0.25) is 0 Å². The second kappa shape index (κ2) is 8.67. The third-order valence-corrected chi connectivity index (χ3v) is 3.56. The number of benzene rings is 1. The lowest BCUT2D eigenvalue weighted by molar-refractivity contribution is -0.0329. The molecule has 0 radical (unpaired) electrons. The fraction of sp³-hybridized carbons (Fsp3) is 0.538. The molecule has 0 aliphatic carbocycles. The fourth-order valence-electron chi connectivity index (χ4n) is 1.40. The first-order valence-corrected chi connectivity index (χ1v) is 8.22. The predicted octanol–water partition coefficient (Wildman–Crippen LogP) is 5.00. The van der Waals surface area contributed by atoms with Crippen LogP contribution in [0.25, 0.3) is 0 Å². The van der Waals surface area contributed by atoms with Crippen LogP contribution in [0.3, 0.4) is 0 Å². The van der Waals surface area contributed by atoms with Crippen LogP contribution in [-0.2, 0) is 5.33 Å². The molecule has 114 valence electrons. The van der Waals surface area contributed by atoms with E-state index in [2.05, 4.69) is 15.9 Å². The average molecular weight is 373 g/mol. The van der Waals surface area contributed by atoms with E-state index in [1.807, 2.05) is 19.1 Å². The zero-order valence-corrected chi connectivity index (χ0v) is 13.4. The summed E-state index contributed by atoms with van der Waals surface area (Å²) in [6, 6.07) is 5.38. The van der Waals surface area contributed by atoms with Gasteiger partial charge in [0, 0.05) is 22.7 Å². The van der Waals surface area contributed by atoms with Crippen molar-refractivity contribution >= 4 is 27.7 Å². The summed E-state index contributed by atoms with van der Waals surface area (Å²) in [5, 5.41) is 0.572. The van der Waals surface area contributed by atoms with E-state index in [9.17, 15) is 13.2 Å². The summed E-state index contributed by atoms with van der Waals surface area (Å²) in [6.45, 7) is 2.59. The van der Waals surface area contributed by atoms with Gasteiger partial charge in [0.25, 0.3) is 0 Å². The number of hydrogen-bond donors (Lipinski definition) is 0. The highest BCUT2D eigenvalue weighted by molar-refractivity contribution is 9.08. The van der Waals surface area contributed by atoms with Gasteiger partial charge in [-0.2, -0.15) is 13.2 Å². The standard InChI is InChI=1S/C13H16BrF3O2S/c1-2-5-18-11-4-3-10(9-14)12(8-11)19-6-7-20-13(15,16)17/h3-4,8H,2,5-7,9H2,1H3. The minimum Gasteiger partial charge on any atom is -0.493 e.